The van der Waals surface area contributed by atoms with Crippen LogP contribution in [-0.2, 0) is 28.4 Å². The van der Waals surface area contributed by atoms with Gasteiger partial charge in [0.25, 0.3) is 10.0 Å². The quantitative estimate of drug-likeness (QED) is 0.618. The van der Waals surface area contributed by atoms with Gasteiger partial charge in [0.1, 0.15) is 5.82 Å². The van der Waals surface area contributed by atoms with Crippen LogP contribution in [0.2, 0.25) is 0 Å². The number of carbonyl (C=O) groups is 1. The monoisotopic (exact) mass is 494 g/mol. The van der Waals surface area contributed by atoms with Gasteiger partial charge in [-0.15, -0.1) is 0 Å². The number of amides is 1. The Morgan fingerprint density at radius 1 is 1.23 bits per heavy atom. The van der Waals surface area contributed by atoms with Crippen molar-refractivity contribution in [2.45, 2.75) is 50.2 Å². The minimum atomic E-state index is -3.62. The molecule has 0 atom stereocenters. The van der Waals surface area contributed by atoms with Gasteiger partial charge >= 0.3 is 0 Å². The maximum Gasteiger partial charge on any atom is 0.262 e. The van der Waals surface area contributed by atoms with E-state index in [0.29, 0.717) is 44.3 Å². The van der Waals surface area contributed by atoms with Crippen LogP contribution in [0.4, 0.5) is 0 Å². The topological polar surface area (TPSA) is 75.5 Å². The fourth-order valence-corrected chi connectivity index (χ4v) is 5.91. The molecule has 0 spiro atoms. The molecule has 0 N–H and O–H groups in total. The number of nitrogens with zero attached hydrogens (tertiary/aromatic N) is 4. The summed E-state index contributed by atoms with van der Waals surface area (Å²) in [5.41, 5.74) is 1.11. The predicted molar refractivity (Wildman–Crippen MR) is 117 cm³/mol. The van der Waals surface area contributed by atoms with E-state index < -0.39 is 10.0 Å². The minimum Gasteiger partial charge on any atom is -0.337 e. The molecule has 9 heteroatoms. The van der Waals surface area contributed by atoms with E-state index in [4.69, 9.17) is 0 Å². The first-order valence-corrected chi connectivity index (χ1v) is 12.5. The van der Waals surface area contributed by atoms with E-state index in [1.807, 2.05) is 29.2 Å². The Labute approximate surface area is 186 Å². The summed E-state index contributed by atoms with van der Waals surface area (Å²) < 4.78 is 30.0. The van der Waals surface area contributed by atoms with Crippen molar-refractivity contribution < 1.29 is 13.2 Å². The lowest BCUT2D eigenvalue weighted by molar-refractivity contribution is -0.138. The van der Waals surface area contributed by atoms with Gasteiger partial charge < -0.3 is 9.47 Å². The zero-order valence-electron chi connectivity index (χ0n) is 17.3. The predicted octanol–water partition coefficient (Wildman–Crippen LogP) is 3.08. The fourth-order valence-electron chi connectivity index (χ4n) is 3.97. The van der Waals surface area contributed by atoms with Crippen LogP contribution < -0.4 is 0 Å². The maximum absolute atomic E-state index is 13.3. The summed E-state index contributed by atoms with van der Waals surface area (Å²) in [5.74, 6) is 0.684. The van der Waals surface area contributed by atoms with Crippen molar-refractivity contribution in [1.29, 1.82) is 0 Å². The molecule has 2 aromatic rings. The van der Waals surface area contributed by atoms with Crippen molar-refractivity contribution in [3.63, 3.8) is 0 Å². The lowest BCUT2D eigenvalue weighted by Gasteiger charge is -2.33. The molecule has 2 fully saturated rings. The Morgan fingerprint density at radius 2 is 1.93 bits per heavy atom. The van der Waals surface area contributed by atoms with E-state index in [9.17, 15) is 13.2 Å². The minimum absolute atomic E-state index is 0.0848. The van der Waals surface area contributed by atoms with Crippen LogP contribution in [0.5, 0.6) is 0 Å². The molecule has 4 rings (SSSR count). The van der Waals surface area contributed by atoms with E-state index in [1.54, 1.807) is 24.7 Å². The number of aromatic nitrogens is 2. The zero-order chi connectivity index (χ0) is 21.5. The first-order valence-electron chi connectivity index (χ1n) is 10.3. The number of benzene rings is 1. The summed E-state index contributed by atoms with van der Waals surface area (Å²) >= 11 is 3.50. The van der Waals surface area contributed by atoms with Gasteiger partial charge in [-0.3, -0.25) is 4.79 Å². The Morgan fingerprint density at radius 3 is 2.50 bits per heavy atom. The molecular weight excluding hydrogens is 468 g/mol. The summed E-state index contributed by atoms with van der Waals surface area (Å²) in [4.78, 5) is 19.5. The second-order valence-electron chi connectivity index (χ2n) is 8.24. The summed E-state index contributed by atoms with van der Waals surface area (Å²) in [7, 11) is -1.84. The van der Waals surface area contributed by atoms with E-state index in [1.165, 1.54) is 4.31 Å². The first-order chi connectivity index (χ1) is 14.3. The highest BCUT2D eigenvalue weighted by atomic mass is 79.9. The standard InChI is InChI=1S/C21H27BrN4O3S/c1-15-23-20(14-24(15)2)30(28,29)25-10-8-17(9-11-25)21(27)26(19-6-7-19)13-16-4-3-5-18(22)12-16/h3-5,12,14,17,19H,6-11,13H2,1-2H3. The van der Waals surface area contributed by atoms with Gasteiger partial charge in [0.05, 0.1) is 0 Å². The number of carbonyl (C=O) groups excluding carboxylic acids is 1. The number of rotatable bonds is 6. The van der Waals surface area contributed by atoms with E-state index >= 15 is 0 Å². The Bertz CT molecular complexity index is 1020. The molecule has 2 heterocycles. The van der Waals surface area contributed by atoms with Crippen molar-refractivity contribution in [2.24, 2.45) is 13.0 Å². The lowest BCUT2D eigenvalue weighted by Crippen LogP contribution is -2.44. The smallest absolute Gasteiger partial charge is 0.262 e. The summed E-state index contributed by atoms with van der Waals surface area (Å²) in [5, 5.41) is 0.0848. The Kier molecular flexibility index (Phi) is 6.05. The number of piperidine rings is 1. The molecule has 2 aliphatic rings. The van der Waals surface area contributed by atoms with Gasteiger partial charge in [-0.2, -0.15) is 4.31 Å². The van der Waals surface area contributed by atoms with Crippen LogP contribution in [0.3, 0.4) is 0 Å². The summed E-state index contributed by atoms with van der Waals surface area (Å²) in [6, 6.07) is 8.36. The molecule has 0 bridgehead atoms. The molecule has 1 aromatic carbocycles. The van der Waals surface area contributed by atoms with Gasteiger partial charge in [0.15, 0.2) is 5.03 Å². The molecule has 1 aromatic heterocycles. The Balaban J connectivity index is 1.41. The molecule has 1 aliphatic carbocycles. The highest BCUT2D eigenvalue weighted by Crippen LogP contribution is 2.33. The molecular formula is C21H27BrN4O3S. The van der Waals surface area contributed by atoms with Crippen LogP contribution in [0.25, 0.3) is 0 Å². The number of halogens is 1. The van der Waals surface area contributed by atoms with Crippen molar-refractivity contribution in [1.82, 2.24) is 18.8 Å². The normalized spacial score (nSPS) is 18.5. The molecule has 30 heavy (non-hydrogen) atoms. The molecule has 1 saturated heterocycles. The fraction of sp³-hybridized carbons (Fsp3) is 0.524. The van der Waals surface area contributed by atoms with Crippen LogP contribution in [0, 0.1) is 12.8 Å². The van der Waals surface area contributed by atoms with Gasteiger partial charge in [-0.25, -0.2) is 13.4 Å². The molecule has 162 valence electrons. The average Bonchev–Trinajstić information content (AvgIpc) is 3.50. The number of aryl methyl sites for hydroxylation is 2. The molecule has 0 radical (unpaired) electrons. The van der Waals surface area contributed by atoms with E-state index in [2.05, 4.69) is 20.9 Å². The van der Waals surface area contributed by atoms with Crippen LogP contribution in [-0.4, -0.2) is 52.2 Å². The third-order valence-corrected chi connectivity index (χ3v) is 8.27. The van der Waals surface area contributed by atoms with Gasteiger partial charge in [-0.1, -0.05) is 28.1 Å². The second-order valence-corrected chi connectivity index (χ2v) is 11.0. The SMILES string of the molecule is Cc1nc(S(=O)(=O)N2CCC(C(=O)N(Cc3cccc(Br)c3)C3CC3)CC2)cn1C. The summed E-state index contributed by atoms with van der Waals surface area (Å²) in [6.07, 6.45) is 4.74. The van der Waals surface area contributed by atoms with Crippen LogP contribution >= 0.6 is 15.9 Å². The molecule has 7 nitrogen and oxygen atoms in total. The van der Waals surface area contributed by atoms with Gasteiger partial charge in [0, 0.05) is 49.3 Å². The Hall–Kier alpha value is -1.71. The zero-order valence-corrected chi connectivity index (χ0v) is 19.7. The van der Waals surface area contributed by atoms with Gasteiger partial charge in [0.2, 0.25) is 5.91 Å². The van der Waals surface area contributed by atoms with Crippen molar-refractivity contribution in [2.75, 3.05) is 13.1 Å². The first kappa shape index (κ1) is 21.5. The number of hydrogen-bond donors (Lipinski definition) is 0. The molecule has 1 saturated carbocycles. The number of imidazole rings is 1. The average molecular weight is 495 g/mol. The highest BCUT2D eigenvalue weighted by molar-refractivity contribution is 9.10. The molecule has 1 amide bonds. The third kappa shape index (κ3) is 4.48. The van der Waals surface area contributed by atoms with Crippen LogP contribution in [0.1, 0.15) is 37.1 Å². The van der Waals surface area contributed by atoms with E-state index in [0.717, 1.165) is 22.9 Å². The number of hydrogen-bond acceptors (Lipinski definition) is 4. The van der Waals surface area contributed by atoms with Gasteiger partial charge in [-0.05, 0) is 50.3 Å². The highest BCUT2D eigenvalue weighted by Gasteiger charge is 2.39. The molecule has 1 aliphatic heterocycles. The van der Waals surface area contributed by atoms with Crippen molar-refractivity contribution in [3.8, 4) is 0 Å². The van der Waals surface area contributed by atoms with Crippen molar-refractivity contribution in [3.05, 3.63) is 46.3 Å². The van der Waals surface area contributed by atoms with Crippen molar-refractivity contribution >= 4 is 31.9 Å². The second kappa shape index (κ2) is 8.43. The van der Waals surface area contributed by atoms with Crippen LogP contribution in [0.15, 0.2) is 40.0 Å². The van der Waals surface area contributed by atoms with E-state index in [-0.39, 0.29) is 16.9 Å². The molecule has 0 unspecified atom stereocenters. The lowest BCUT2D eigenvalue weighted by atomic mass is 9.96. The number of sulfonamides is 1. The summed E-state index contributed by atoms with van der Waals surface area (Å²) in [6.45, 7) is 3.09. The third-order valence-electron chi connectivity index (χ3n) is 6.01. The largest absolute Gasteiger partial charge is 0.337 e. The maximum atomic E-state index is 13.3.